The molecule has 18 heavy (non-hydrogen) atoms. The van der Waals surface area contributed by atoms with E-state index in [0.717, 1.165) is 58.6 Å². The van der Waals surface area contributed by atoms with E-state index < -0.39 is 0 Å². The van der Waals surface area contributed by atoms with Gasteiger partial charge in [0.05, 0.1) is 18.3 Å². The Morgan fingerprint density at radius 2 is 2.17 bits per heavy atom. The lowest BCUT2D eigenvalue weighted by atomic mass is 9.77. The molecule has 0 saturated carbocycles. The Kier molecular flexibility index (Phi) is 3.89. The normalized spacial score (nSPS) is 43.2. The zero-order chi connectivity index (χ0) is 12.4. The van der Waals surface area contributed by atoms with Gasteiger partial charge in [0.1, 0.15) is 0 Å². The van der Waals surface area contributed by atoms with Crippen LogP contribution < -0.4 is 5.32 Å². The summed E-state index contributed by atoms with van der Waals surface area (Å²) >= 11 is 0. The number of ether oxygens (including phenoxy) is 2. The van der Waals surface area contributed by atoms with E-state index in [1.165, 1.54) is 6.42 Å². The van der Waals surface area contributed by atoms with E-state index in [9.17, 15) is 5.11 Å². The van der Waals surface area contributed by atoms with Crippen molar-refractivity contribution in [2.75, 3.05) is 32.9 Å². The van der Waals surface area contributed by atoms with Crippen LogP contribution in [0.1, 0.15) is 32.1 Å². The molecule has 0 aromatic rings. The highest BCUT2D eigenvalue weighted by Gasteiger charge is 2.44. The van der Waals surface area contributed by atoms with Crippen LogP contribution in [0.3, 0.4) is 0 Å². The summed E-state index contributed by atoms with van der Waals surface area (Å²) in [5.41, 5.74) is -0.0774. The third-order valence-corrected chi connectivity index (χ3v) is 4.90. The van der Waals surface area contributed by atoms with Gasteiger partial charge in [-0.25, -0.2) is 0 Å². The molecular formula is C14H25NO3. The molecule has 104 valence electrons. The van der Waals surface area contributed by atoms with Gasteiger partial charge in [0.2, 0.25) is 0 Å². The Hall–Kier alpha value is -0.160. The number of piperidine rings is 1. The summed E-state index contributed by atoms with van der Waals surface area (Å²) in [6.07, 6.45) is 5.16. The van der Waals surface area contributed by atoms with E-state index in [2.05, 4.69) is 5.32 Å². The van der Waals surface area contributed by atoms with Crippen LogP contribution in [0.4, 0.5) is 0 Å². The third kappa shape index (κ3) is 2.57. The number of aliphatic hydroxyl groups is 1. The predicted octanol–water partition coefficient (Wildman–Crippen LogP) is 0.933. The van der Waals surface area contributed by atoms with Crippen molar-refractivity contribution in [1.82, 2.24) is 5.32 Å². The SMILES string of the molecule is OC(C1CCCNC1)C1CCOC2(CCOC2)C1. The lowest BCUT2D eigenvalue weighted by Crippen LogP contribution is -2.47. The number of hydrogen-bond acceptors (Lipinski definition) is 4. The number of rotatable bonds is 2. The van der Waals surface area contributed by atoms with Gasteiger partial charge in [-0.15, -0.1) is 0 Å². The minimum absolute atomic E-state index is 0.0774. The molecule has 1 spiro atoms. The number of hydrogen-bond donors (Lipinski definition) is 2. The first-order valence-electron chi connectivity index (χ1n) is 7.40. The summed E-state index contributed by atoms with van der Waals surface area (Å²) in [5.74, 6) is 0.826. The van der Waals surface area contributed by atoms with E-state index in [0.29, 0.717) is 11.8 Å². The van der Waals surface area contributed by atoms with E-state index >= 15 is 0 Å². The molecule has 4 heteroatoms. The first-order valence-corrected chi connectivity index (χ1v) is 7.40. The topological polar surface area (TPSA) is 50.7 Å². The van der Waals surface area contributed by atoms with E-state index in [4.69, 9.17) is 9.47 Å². The van der Waals surface area contributed by atoms with Crippen molar-refractivity contribution in [3.8, 4) is 0 Å². The minimum Gasteiger partial charge on any atom is -0.392 e. The monoisotopic (exact) mass is 255 g/mol. The molecule has 0 aromatic carbocycles. The van der Waals surface area contributed by atoms with Gasteiger partial charge in [0.15, 0.2) is 0 Å². The van der Waals surface area contributed by atoms with Crippen LogP contribution in [0.2, 0.25) is 0 Å². The molecule has 3 rings (SSSR count). The average Bonchev–Trinajstić information content (AvgIpc) is 2.87. The minimum atomic E-state index is -0.167. The van der Waals surface area contributed by atoms with Gasteiger partial charge in [-0.3, -0.25) is 0 Å². The Morgan fingerprint density at radius 1 is 1.22 bits per heavy atom. The Balaban J connectivity index is 1.60. The standard InChI is InChI=1S/C14H25NO3/c16-13(12-2-1-5-15-9-12)11-3-6-18-14(8-11)4-7-17-10-14/h11-13,15-16H,1-10H2. The third-order valence-electron chi connectivity index (χ3n) is 4.90. The molecule has 3 fully saturated rings. The van der Waals surface area contributed by atoms with Gasteiger partial charge in [-0.1, -0.05) is 0 Å². The van der Waals surface area contributed by atoms with Gasteiger partial charge in [0.25, 0.3) is 0 Å². The first-order chi connectivity index (χ1) is 8.79. The van der Waals surface area contributed by atoms with Crippen molar-refractivity contribution in [2.24, 2.45) is 11.8 Å². The highest BCUT2D eigenvalue weighted by molar-refractivity contribution is 4.93. The molecule has 0 aromatic heterocycles. The lowest BCUT2D eigenvalue weighted by Gasteiger charge is -2.41. The van der Waals surface area contributed by atoms with E-state index in [1.807, 2.05) is 0 Å². The summed E-state index contributed by atoms with van der Waals surface area (Å²) < 4.78 is 11.4. The Morgan fingerprint density at radius 3 is 2.89 bits per heavy atom. The van der Waals surface area contributed by atoms with Crippen molar-refractivity contribution in [2.45, 2.75) is 43.8 Å². The van der Waals surface area contributed by atoms with Crippen molar-refractivity contribution in [1.29, 1.82) is 0 Å². The Bertz CT molecular complexity index is 272. The van der Waals surface area contributed by atoms with Gasteiger partial charge in [-0.2, -0.15) is 0 Å². The van der Waals surface area contributed by atoms with Crippen LogP contribution in [-0.4, -0.2) is 49.7 Å². The maximum Gasteiger partial charge on any atom is 0.0940 e. The van der Waals surface area contributed by atoms with Gasteiger partial charge >= 0.3 is 0 Å². The lowest BCUT2D eigenvalue weighted by molar-refractivity contribution is -0.124. The average molecular weight is 255 g/mol. The summed E-state index contributed by atoms with van der Waals surface area (Å²) in [4.78, 5) is 0. The molecule has 3 heterocycles. The molecule has 3 aliphatic heterocycles. The van der Waals surface area contributed by atoms with Gasteiger partial charge in [0, 0.05) is 26.2 Å². The zero-order valence-corrected chi connectivity index (χ0v) is 11.1. The zero-order valence-electron chi connectivity index (χ0n) is 11.1. The first kappa shape index (κ1) is 12.9. The van der Waals surface area contributed by atoms with Crippen molar-refractivity contribution >= 4 is 0 Å². The fourth-order valence-corrected chi connectivity index (χ4v) is 3.78. The highest BCUT2D eigenvalue weighted by Crippen LogP contribution is 2.39. The molecule has 3 saturated heterocycles. The molecule has 0 amide bonds. The number of nitrogens with one attached hydrogen (secondary N) is 1. The quantitative estimate of drug-likeness (QED) is 0.771. The molecule has 0 bridgehead atoms. The van der Waals surface area contributed by atoms with Crippen LogP contribution in [0.15, 0.2) is 0 Å². The van der Waals surface area contributed by atoms with Crippen LogP contribution in [0.25, 0.3) is 0 Å². The van der Waals surface area contributed by atoms with Crippen LogP contribution in [0.5, 0.6) is 0 Å². The second-order valence-electron chi connectivity index (χ2n) is 6.18. The molecule has 3 aliphatic rings. The van der Waals surface area contributed by atoms with Gasteiger partial charge < -0.3 is 19.9 Å². The largest absolute Gasteiger partial charge is 0.392 e. The van der Waals surface area contributed by atoms with Crippen LogP contribution in [-0.2, 0) is 9.47 Å². The summed E-state index contributed by atoms with van der Waals surface area (Å²) in [5, 5.41) is 14.0. The van der Waals surface area contributed by atoms with Crippen molar-refractivity contribution in [3.63, 3.8) is 0 Å². The summed E-state index contributed by atoms with van der Waals surface area (Å²) in [6, 6.07) is 0. The molecule has 2 N–H and O–H groups in total. The van der Waals surface area contributed by atoms with E-state index in [-0.39, 0.29) is 11.7 Å². The number of aliphatic hydroxyl groups excluding tert-OH is 1. The van der Waals surface area contributed by atoms with Crippen molar-refractivity contribution in [3.05, 3.63) is 0 Å². The summed E-state index contributed by atoms with van der Waals surface area (Å²) in [6.45, 7) is 4.40. The second kappa shape index (κ2) is 5.45. The highest BCUT2D eigenvalue weighted by atomic mass is 16.6. The molecular weight excluding hydrogens is 230 g/mol. The molecule has 4 atom stereocenters. The van der Waals surface area contributed by atoms with Gasteiger partial charge in [-0.05, 0) is 44.1 Å². The fourth-order valence-electron chi connectivity index (χ4n) is 3.78. The Labute approximate surface area is 109 Å². The molecule has 4 nitrogen and oxygen atoms in total. The summed E-state index contributed by atoms with van der Waals surface area (Å²) in [7, 11) is 0. The molecule has 0 aliphatic carbocycles. The van der Waals surface area contributed by atoms with Crippen LogP contribution in [0, 0.1) is 11.8 Å². The predicted molar refractivity (Wildman–Crippen MR) is 68.4 cm³/mol. The second-order valence-corrected chi connectivity index (χ2v) is 6.18. The maximum atomic E-state index is 10.6. The van der Waals surface area contributed by atoms with Crippen LogP contribution >= 0.6 is 0 Å². The fraction of sp³-hybridized carbons (Fsp3) is 1.00. The molecule has 0 radical (unpaired) electrons. The van der Waals surface area contributed by atoms with E-state index in [1.54, 1.807) is 0 Å². The molecule has 4 unspecified atom stereocenters. The van der Waals surface area contributed by atoms with Crippen molar-refractivity contribution < 1.29 is 14.6 Å². The smallest absolute Gasteiger partial charge is 0.0940 e. The maximum absolute atomic E-state index is 10.6.